The third-order valence-electron chi connectivity index (χ3n) is 6.43. The number of carbonyl (C=O) groups is 2. The Hall–Kier alpha value is -5.22. The van der Waals surface area contributed by atoms with Crippen molar-refractivity contribution in [1.29, 1.82) is 5.26 Å². The number of hydrogen-bond acceptors (Lipinski definition) is 6. The van der Waals surface area contributed by atoms with Gasteiger partial charge in [-0.15, -0.1) is 0 Å². The van der Waals surface area contributed by atoms with Crippen molar-refractivity contribution in [3.63, 3.8) is 0 Å². The van der Waals surface area contributed by atoms with Crippen LogP contribution in [-0.4, -0.2) is 23.0 Å². The summed E-state index contributed by atoms with van der Waals surface area (Å²) in [6, 6.07) is 24.9. The molecule has 1 amide bonds. The van der Waals surface area contributed by atoms with Crippen LogP contribution in [0.4, 0.5) is 17.1 Å². The zero-order valence-corrected chi connectivity index (χ0v) is 20.2. The Morgan fingerprint density at radius 3 is 2.51 bits per heavy atom. The van der Waals surface area contributed by atoms with Gasteiger partial charge in [0.15, 0.2) is 5.71 Å². The number of para-hydroxylation sites is 1. The van der Waals surface area contributed by atoms with Crippen LogP contribution >= 0.6 is 0 Å². The molecule has 7 heteroatoms. The van der Waals surface area contributed by atoms with E-state index in [1.807, 2.05) is 32.0 Å². The number of nitrogens with zero attached hydrogens (tertiary/aromatic N) is 3. The van der Waals surface area contributed by atoms with Crippen molar-refractivity contribution in [2.45, 2.75) is 13.8 Å². The number of nitriles is 1. The fraction of sp³-hybridized carbons (Fsp3) is 0.0667. The highest BCUT2D eigenvalue weighted by atomic mass is 16.3. The minimum atomic E-state index is -0.352. The third-order valence-corrected chi connectivity index (χ3v) is 6.43. The van der Waals surface area contributed by atoms with Crippen LogP contribution in [0.5, 0.6) is 5.75 Å². The molecule has 1 aliphatic heterocycles. The molecule has 180 valence electrons. The van der Waals surface area contributed by atoms with E-state index in [2.05, 4.69) is 16.6 Å². The van der Waals surface area contributed by atoms with E-state index in [0.29, 0.717) is 39.2 Å². The van der Waals surface area contributed by atoms with Gasteiger partial charge in [-0.05, 0) is 73.0 Å². The molecule has 1 heterocycles. The summed E-state index contributed by atoms with van der Waals surface area (Å²) in [6.45, 7) is 3.99. The van der Waals surface area contributed by atoms with Gasteiger partial charge in [-0.25, -0.2) is 0 Å². The fourth-order valence-electron chi connectivity index (χ4n) is 4.31. The predicted octanol–water partition coefficient (Wildman–Crippen LogP) is 5.85. The maximum atomic E-state index is 13.6. The molecule has 2 N–H and O–H groups in total. The number of rotatable bonds is 5. The first-order valence-corrected chi connectivity index (χ1v) is 11.6. The average Bonchev–Trinajstić information content (AvgIpc) is 3.19. The smallest absolute Gasteiger partial charge is 0.283 e. The van der Waals surface area contributed by atoms with Gasteiger partial charge >= 0.3 is 0 Å². The molecule has 7 nitrogen and oxygen atoms in total. The lowest BCUT2D eigenvalue weighted by atomic mass is 10.0. The van der Waals surface area contributed by atoms with E-state index in [4.69, 9.17) is 0 Å². The van der Waals surface area contributed by atoms with Crippen LogP contribution in [0.2, 0.25) is 0 Å². The van der Waals surface area contributed by atoms with Crippen molar-refractivity contribution in [3.05, 3.63) is 107 Å². The summed E-state index contributed by atoms with van der Waals surface area (Å²) >= 11 is 0. The molecule has 5 rings (SSSR count). The second-order valence-electron chi connectivity index (χ2n) is 8.77. The first kappa shape index (κ1) is 23.5. The summed E-state index contributed by atoms with van der Waals surface area (Å²) < 4.78 is 0. The monoisotopic (exact) mass is 486 g/mol. The zero-order chi connectivity index (χ0) is 26.1. The Morgan fingerprint density at radius 2 is 1.76 bits per heavy atom. The number of fused-ring (bicyclic) bond motifs is 1. The highest BCUT2D eigenvalue weighted by molar-refractivity contribution is 6.55. The number of carbonyl (C=O) groups excluding carboxylic acids is 2. The normalized spacial score (nSPS) is 13.4. The Morgan fingerprint density at radius 1 is 0.946 bits per heavy atom. The van der Waals surface area contributed by atoms with E-state index in [1.165, 1.54) is 0 Å². The highest BCUT2D eigenvalue weighted by Crippen LogP contribution is 2.38. The molecule has 0 aliphatic carbocycles. The summed E-state index contributed by atoms with van der Waals surface area (Å²) in [5, 5.41) is 24.8. The quantitative estimate of drug-likeness (QED) is 0.209. The molecule has 0 atom stereocenters. The molecule has 4 aromatic rings. The van der Waals surface area contributed by atoms with Crippen molar-refractivity contribution in [1.82, 2.24) is 0 Å². The second-order valence-corrected chi connectivity index (χ2v) is 8.77. The summed E-state index contributed by atoms with van der Waals surface area (Å²) in [7, 11) is 0. The molecule has 0 radical (unpaired) electrons. The molecule has 0 saturated carbocycles. The summed E-state index contributed by atoms with van der Waals surface area (Å²) in [6.07, 6.45) is 0.745. The van der Waals surface area contributed by atoms with Crippen molar-refractivity contribution in [3.8, 4) is 22.9 Å². The standard InChI is InChI=1S/C30H22N4O3/c1-18-9-11-23(13-19(18)2)34-27-12-10-20(16-31)15-25(27)28(30(34)37)33-32-26-8-4-7-24(29(26)36)22-6-3-5-21(14-22)17-35/h3-15,17,32,36H,1-2H3/b33-28-. The van der Waals surface area contributed by atoms with Crippen molar-refractivity contribution < 1.29 is 14.7 Å². The van der Waals surface area contributed by atoms with Crippen LogP contribution in [0.1, 0.15) is 32.6 Å². The number of hydrogen-bond donors (Lipinski definition) is 2. The lowest BCUT2D eigenvalue weighted by Crippen LogP contribution is -2.26. The number of nitrogens with one attached hydrogen (secondary N) is 1. The van der Waals surface area contributed by atoms with Crippen LogP contribution in [0.15, 0.2) is 84.0 Å². The molecule has 0 saturated heterocycles. The van der Waals surface area contributed by atoms with Gasteiger partial charge in [0.2, 0.25) is 0 Å². The molecule has 0 unspecified atom stereocenters. The zero-order valence-electron chi connectivity index (χ0n) is 20.2. The largest absolute Gasteiger partial charge is 0.505 e. The van der Waals surface area contributed by atoms with Crippen LogP contribution in [0, 0.1) is 25.2 Å². The first-order valence-electron chi connectivity index (χ1n) is 11.6. The molecule has 1 aliphatic rings. The number of aldehydes is 1. The van der Waals surface area contributed by atoms with Crippen LogP contribution in [0.25, 0.3) is 11.1 Å². The van der Waals surface area contributed by atoms with E-state index in [0.717, 1.165) is 17.4 Å². The van der Waals surface area contributed by atoms with Gasteiger partial charge in [0.05, 0.1) is 23.0 Å². The van der Waals surface area contributed by atoms with E-state index < -0.39 is 0 Å². The van der Waals surface area contributed by atoms with E-state index in [-0.39, 0.29) is 23.1 Å². The molecule has 0 spiro atoms. The van der Waals surface area contributed by atoms with Crippen LogP contribution in [0.3, 0.4) is 0 Å². The number of phenolic OH excluding ortho intramolecular Hbond substituents is 1. The summed E-state index contributed by atoms with van der Waals surface area (Å²) in [5.74, 6) is -0.424. The van der Waals surface area contributed by atoms with Gasteiger partial charge in [0.25, 0.3) is 5.91 Å². The minimum absolute atomic E-state index is 0.0719. The van der Waals surface area contributed by atoms with E-state index in [1.54, 1.807) is 65.6 Å². The van der Waals surface area contributed by atoms with E-state index >= 15 is 0 Å². The number of hydrazone groups is 1. The second kappa shape index (κ2) is 9.44. The lowest BCUT2D eigenvalue weighted by molar-refractivity contribution is -0.111. The minimum Gasteiger partial charge on any atom is -0.505 e. The van der Waals surface area contributed by atoms with E-state index in [9.17, 15) is 20.0 Å². The number of aryl methyl sites for hydroxylation is 2. The van der Waals surface area contributed by atoms with Crippen molar-refractivity contribution in [2.75, 3.05) is 10.3 Å². The van der Waals surface area contributed by atoms with Crippen molar-refractivity contribution in [2.24, 2.45) is 5.10 Å². The van der Waals surface area contributed by atoms with Crippen LogP contribution < -0.4 is 10.3 Å². The molecule has 37 heavy (non-hydrogen) atoms. The number of benzene rings is 4. The van der Waals surface area contributed by atoms with Gasteiger partial charge < -0.3 is 5.11 Å². The number of amides is 1. The summed E-state index contributed by atoms with van der Waals surface area (Å²) in [5.41, 5.74) is 9.31. The Labute approximate surface area is 213 Å². The van der Waals surface area contributed by atoms with Crippen LogP contribution in [-0.2, 0) is 4.79 Å². The lowest BCUT2D eigenvalue weighted by Gasteiger charge is -2.18. The van der Waals surface area contributed by atoms with Gasteiger partial charge in [-0.1, -0.05) is 36.4 Å². The van der Waals surface area contributed by atoms with Gasteiger partial charge in [-0.3, -0.25) is 19.9 Å². The third kappa shape index (κ3) is 4.21. The fourth-order valence-corrected chi connectivity index (χ4v) is 4.31. The molecular weight excluding hydrogens is 464 g/mol. The Bertz CT molecular complexity index is 1650. The Balaban J connectivity index is 1.56. The van der Waals surface area contributed by atoms with Gasteiger partial charge in [-0.2, -0.15) is 10.4 Å². The molecule has 0 fully saturated rings. The molecular formula is C30H22N4O3. The topological polar surface area (TPSA) is 106 Å². The predicted molar refractivity (Wildman–Crippen MR) is 143 cm³/mol. The van der Waals surface area contributed by atoms with Gasteiger partial charge in [0.1, 0.15) is 12.0 Å². The van der Waals surface area contributed by atoms with Crippen molar-refractivity contribution >= 4 is 35.0 Å². The molecule has 0 aromatic heterocycles. The maximum Gasteiger partial charge on any atom is 0.283 e. The summed E-state index contributed by atoms with van der Waals surface area (Å²) in [4.78, 5) is 26.4. The number of phenols is 1. The number of aromatic hydroxyl groups is 1. The van der Waals surface area contributed by atoms with Gasteiger partial charge in [0, 0.05) is 22.4 Å². The number of anilines is 3. The molecule has 4 aromatic carbocycles. The Kier molecular flexibility index (Phi) is 6.00. The molecule has 0 bridgehead atoms. The first-order chi connectivity index (χ1) is 17.9. The highest BCUT2D eigenvalue weighted by Gasteiger charge is 2.36. The average molecular weight is 487 g/mol. The SMILES string of the molecule is Cc1ccc(N2C(=O)/C(=N\Nc3cccc(-c4cccc(C=O)c4)c3O)c3cc(C#N)ccc32)cc1C. The maximum absolute atomic E-state index is 13.6.